The Hall–Kier alpha value is -2.31. The zero-order chi connectivity index (χ0) is 20.3. The Morgan fingerprint density at radius 1 is 0.821 bits per heavy atom. The van der Waals surface area contributed by atoms with E-state index >= 15 is 0 Å². The van der Waals surface area contributed by atoms with Gasteiger partial charge in [-0.1, -0.05) is 23.7 Å². The van der Waals surface area contributed by atoms with Crippen LogP contribution in [-0.4, -0.2) is 8.42 Å². The number of hydrogen-bond donors (Lipinski definition) is 0. The number of benzene rings is 3. The van der Waals surface area contributed by atoms with E-state index in [2.05, 4.69) is 0 Å². The van der Waals surface area contributed by atoms with Gasteiger partial charge in [0.15, 0.2) is 9.84 Å². The zero-order valence-electron chi connectivity index (χ0n) is 14.6. The zero-order valence-corrected chi connectivity index (χ0v) is 16.2. The normalized spacial score (nSPS) is 12.7. The van der Waals surface area contributed by atoms with Crippen LogP contribution >= 0.6 is 11.6 Å². The molecule has 1 unspecified atom stereocenters. The predicted molar refractivity (Wildman–Crippen MR) is 102 cm³/mol. The molecule has 7 heteroatoms. The van der Waals surface area contributed by atoms with Crippen molar-refractivity contribution in [3.05, 3.63) is 100 Å². The molecule has 0 saturated carbocycles. The maximum Gasteiger partial charge on any atom is 0.185 e. The minimum atomic E-state index is -4.03. The van der Waals surface area contributed by atoms with Gasteiger partial charge >= 0.3 is 0 Å². The van der Waals surface area contributed by atoms with E-state index in [1.165, 1.54) is 48.5 Å². The van der Waals surface area contributed by atoms with Gasteiger partial charge in [0, 0.05) is 10.6 Å². The Morgan fingerprint density at radius 3 is 2.07 bits per heavy atom. The molecular formula is C21H16ClF3O2S. The molecule has 0 fully saturated rings. The first kappa shape index (κ1) is 20.4. The van der Waals surface area contributed by atoms with Gasteiger partial charge in [-0.2, -0.15) is 0 Å². The molecule has 0 spiro atoms. The van der Waals surface area contributed by atoms with Crippen LogP contribution in [0.4, 0.5) is 13.2 Å². The van der Waals surface area contributed by atoms with E-state index in [9.17, 15) is 21.6 Å². The number of sulfone groups is 1. The number of rotatable bonds is 6. The molecule has 0 saturated heterocycles. The van der Waals surface area contributed by atoms with Crippen molar-refractivity contribution in [3.8, 4) is 0 Å². The fourth-order valence-electron chi connectivity index (χ4n) is 2.98. The summed E-state index contributed by atoms with van der Waals surface area (Å²) in [6.45, 7) is 0. The number of aryl methyl sites for hydroxylation is 1. The molecule has 0 amide bonds. The fraction of sp³-hybridized carbons (Fsp3) is 0.143. The Balaban J connectivity index is 2.01. The molecule has 0 aromatic heterocycles. The maximum atomic E-state index is 14.4. The first-order valence-corrected chi connectivity index (χ1v) is 10.4. The highest BCUT2D eigenvalue weighted by Gasteiger charge is 2.31. The summed E-state index contributed by atoms with van der Waals surface area (Å²) in [5.74, 6) is -1.94. The van der Waals surface area contributed by atoms with E-state index in [1.807, 2.05) is 0 Å². The maximum absolute atomic E-state index is 14.4. The summed E-state index contributed by atoms with van der Waals surface area (Å²) in [7, 11) is -4.03. The van der Waals surface area contributed by atoms with Gasteiger partial charge in [0.05, 0.1) is 10.1 Å². The second kappa shape index (κ2) is 8.37. The second-order valence-electron chi connectivity index (χ2n) is 6.32. The van der Waals surface area contributed by atoms with E-state index in [0.29, 0.717) is 10.6 Å². The van der Waals surface area contributed by atoms with Crippen molar-refractivity contribution in [1.82, 2.24) is 0 Å². The third-order valence-electron chi connectivity index (χ3n) is 4.43. The standard InChI is InChI=1S/C21H16ClF3O2S/c22-15-4-9-18(10-5-15)28(26,27)21(19-13-17(24)8-11-20(19)25)12-3-14-1-6-16(23)7-2-14/h1-2,4-11,13,21H,3,12H2. The van der Waals surface area contributed by atoms with Gasteiger partial charge < -0.3 is 0 Å². The fourth-order valence-corrected chi connectivity index (χ4v) is 4.89. The molecule has 0 aliphatic carbocycles. The Morgan fingerprint density at radius 2 is 1.43 bits per heavy atom. The van der Waals surface area contributed by atoms with E-state index in [1.54, 1.807) is 0 Å². The minimum Gasteiger partial charge on any atom is -0.223 e. The molecule has 1 atom stereocenters. The first-order chi connectivity index (χ1) is 13.3. The van der Waals surface area contributed by atoms with Crippen LogP contribution in [0.1, 0.15) is 22.8 Å². The largest absolute Gasteiger partial charge is 0.223 e. The molecule has 0 bridgehead atoms. The SMILES string of the molecule is O=S(=O)(c1ccc(Cl)cc1)C(CCc1ccc(F)cc1)c1cc(F)ccc1F. The summed E-state index contributed by atoms with van der Waals surface area (Å²) in [5, 5.41) is -0.951. The summed E-state index contributed by atoms with van der Waals surface area (Å²) in [5.41, 5.74) is 0.451. The topological polar surface area (TPSA) is 34.1 Å². The van der Waals surface area contributed by atoms with Crippen molar-refractivity contribution < 1.29 is 21.6 Å². The Labute approximate surface area is 166 Å². The molecule has 0 heterocycles. The lowest BCUT2D eigenvalue weighted by atomic mass is 10.0. The summed E-state index contributed by atoms with van der Waals surface area (Å²) < 4.78 is 67.6. The van der Waals surface area contributed by atoms with Crippen molar-refractivity contribution in [3.63, 3.8) is 0 Å². The lowest BCUT2D eigenvalue weighted by molar-refractivity contribution is 0.551. The lowest BCUT2D eigenvalue weighted by Gasteiger charge is -2.19. The molecule has 0 aliphatic heterocycles. The summed E-state index contributed by atoms with van der Waals surface area (Å²) in [6.07, 6.45) is 0.241. The first-order valence-electron chi connectivity index (χ1n) is 8.46. The van der Waals surface area contributed by atoms with Gasteiger partial charge in [-0.05, 0) is 73.0 Å². The second-order valence-corrected chi connectivity index (χ2v) is 8.89. The van der Waals surface area contributed by atoms with Crippen molar-refractivity contribution in [2.45, 2.75) is 23.0 Å². The number of halogens is 4. The van der Waals surface area contributed by atoms with Crippen molar-refractivity contribution in [2.24, 2.45) is 0 Å². The molecule has 3 aromatic carbocycles. The molecule has 146 valence electrons. The molecule has 3 rings (SSSR count). The molecule has 28 heavy (non-hydrogen) atoms. The summed E-state index contributed by atoms with van der Waals surface area (Å²) in [4.78, 5) is -0.0373. The Kier molecular flexibility index (Phi) is 6.10. The molecule has 0 N–H and O–H groups in total. The third kappa shape index (κ3) is 4.56. The van der Waals surface area contributed by atoms with Crippen LogP contribution < -0.4 is 0 Å². The average molecular weight is 425 g/mol. The summed E-state index contributed by atoms with van der Waals surface area (Å²) in [6, 6.07) is 13.9. The van der Waals surface area contributed by atoms with Crippen LogP contribution in [0.15, 0.2) is 71.6 Å². The highest BCUT2D eigenvalue weighted by Crippen LogP contribution is 2.35. The van der Waals surface area contributed by atoms with E-state index in [4.69, 9.17) is 11.6 Å². The minimum absolute atomic E-state index is 0.00301. The smallest absolute Gasteiger partial charge is 0.185 e. The Bertz CT molecular complexity index is 1070. The third-order valence-corrected chi connectivity index (χ3v) is 6.85. The van der Waals surface area contributed by atoms with Crippen LogP contribution in [-0.2, 0) is 16.3 Å². The van der Waals surface area contributed by atoms with Gasteiger partial charge in [-0.25, -0.2) is 21.6 Å². The van der Waals surface area contributed by atoms with E-state index in [0.717, 1.165) is 18.2 Å². The highest BCUT2D eigenvalue weighted by molar-refractivity contribution is 7.91. The molecule has 0 radical (unpaired) electrons. The average Bonchev–Trinajstić information content (AvgIpc) is 2.66. The van der Waals surface area contributed by atoms with Crippen molar-refractivity contribution >= 4 is 21.4 Å². The highest BCUT2D eigenvalue weighted by atomic mass is 35.5. The quantitative estimate of drug-likeness (QED) is 0.493. The predicted octanol–water partition coefficient (Wildman–Crippen LogP) is 5.91. The van der Waals surface area contributed by atoms with Gasteiger partial charge in [-0.3, -0.25) is 0 Å². The van der Waals surface area contributed by atoms with Crippen LogP contribution in [0.2, 0.25) is 5.02 Å². The molecule has 0 aliphatic rings. The molecule has 2 nitrogen and oxygen atoms in total. The van der Waals surface area contributed by atoms with Crippen molar-refractivity contribution in [2.75, 3.05) is 0 Å². The van der Waals surface area contributed by atoms with Crippen LogP contribution in [0, 0.1) is 17.5 Å². The van der Waals surface area contributed by atoms with E-state index < -0.39 is 32.5 Å². The molecule has 3 aromatic rings. The number of hydrogen-bond acceptors (Lipinski definition) is 2. The molecular weight excluding hydrogens is 409 g/mol. The van der Waals surface area contributed by atoms with Gasteiger partial charge in [-0.15, -0.1) is 0 Å². The monoisotopic (exact) mass is 424 g/mol. The summed E-state index contributed by atoms with van der Waals surface area (Å²) >= 11 is 5.82. The van der Waals surface area contributed by atoms with Crippen LogP contribution in [0.3, 0.4) is 0 Å². The van der Waals surface area contributed by atoms with Crippen LogP contribution in [0.25, 0.3) is 0 Å². The van der Waals surface area contributed by atoms with Crippen LogP contribution in [0.5, 0.6) is 0 Å². The van der Waals surface area contributed by atoms with Crippen molar-refractivity contribution in [1.29, 1.82) is 0 Å². The lowest BCUT2D eigenvalue weighted by Crippen LogP contribution is -2.16. The van der Waals surface area contributed by atoms with Gasteiger partial charge in [0.2, 0.25) is 0 Å². The van der Waals surface area contributed by atoms with Gasteiger partial charge in [0.1, 0.15) is 17.5 Å². The van der Waals surface area contributed by atoms with Gasteiger partial charge in [0.25, 0.3) is 0 Å². The van der Waals surface area contributed by atoms with E-state index in [-0.39, 0.29) is 23.3 Å².